The number of nitrogens with one attached hydrogen (secondary N) is 1. The zero-order valence-corrected chi connectivity index (χ0v) is 19.9. The van der Waals surface area contributed by atoms with E-state index in [2.05, 4.69) is 67.7 Å². The van der Waals surface area contributed by atoms with E-state index in [1.165, 1.54) is 49.7 Å². The Labute approximate surface area is 192 Å². The molecule has 2 nitrogen and oxygen atoms in total. The number of halogens is 1. The summed E-state index contributed by atoms with van der Waals surface area (Å²) in [6.45, 7) is 4.79. The lowest BCUT2D eigenvalue weighted by atomic mass is 9.41. The number of rotatable bonds is 7. The normalized spacial score (nSPS) is 33.3. The molecular formula is C28H36ClNO. The van der Waals surface area contributed by atoms with Gasteiger partial charge in [-0.05, 0) is 111 Å². The summed E-state index contributed by atoms with van der Waals surface area (Å²) in [5.74, 6) is 2.76. The van der Waals surface area contributed by atoms with Gasteiger partial charge in [0, 0.05) is 17.1 Å². The van der Waals surface area contributed by atoms with E-state index in [9.17, 15) is 0 Å². The molecule has 0 spiro atoms. The molecule has 2 aromatic carbocycles. The monoisotopic (exact) mass is 437 g/mol. The number of hydrogen-bond donors (Lipinski definition) is 1. The molecule has 4 aliphatic rings. The quantitative estimate of drug-likeness (QED) is 0.514. The van der Waals surface area contributed by atoms with Gasteiger partial charge in [-0.3, -0.25) is 0 Å². The van der Waals surface area contributed by atoms with E-state index in [-0.39, 0.29) is 0 Å². The van der Waals surface area contributed by atoms with Gasteiger partial charge in [-0.1, -0.05) is 41.9 Å². The molecule has 0 aliphatic heterocycles. The maximum absolute atomic E-state index is 6.22. The van der Waals surface area contributed by atoms with E-state index in [0.717, 1.165) is 29.0 Å². The lowest BCUT2D eigenvalue weighted by molar-refractivity contribution is -0.0893. The number of hydrogen-bond acceptors (Lipinski definition) is 2. The molecule has 0 saturated heterocycles. The van der Waals surface area contributed by atoms with Gasteiger partial charge in [0.2, 0.25) is 0 Å². The Morgan fingerprint density at radius 2 is 1.68 bits per heavy atom. The molecule has 6 rings (SSSR count). The molecule has 0 unspecified atom stereocenters. The molecule has 4 saturated carbocycles. The molecule has 166 valence electrons. The highest BCUT2D eigenvalue weighted by molar-refractivity contribution is 6.30. The Hall–Kier alpha value is -1.51. The molecule has 1 N–H and O–H groups in total. The van der Waals surface area contributed by atoms with Crippen LogP contribution in [0, 0.1) is 17.3 Å². The van der Waals surface area contributed by atoms with Crippen LogP contribution >= 0.6 is 11.6 Å². The second-order valence-corrected chi connectivity index (χ2v) is 11.4. The van der Waals surface area contributed by atoms with Crippen molar-refractivity contribution in [2.24, 2.45) is 17.3 Å². The molecule has 4 atom stereocenters. The van der Waals surface area contributed by atoms with Crippen LogP contribution in [0.25, 0.3) is 0 Å². The van der Waals surface area contributed by atoms with Gasteiger partial charge in [0.05, 0.1) is 7.11 Å². The second kappa shape index (κ2) is 8.12. The summed E-state index contributed by atoms with van der Waals surface area (Å²) in [5, 5.41) is 4.89. The van der Waals surface area contributed by atoms with Crippen molar-refractivity contribution in [2.45, 2.75) is 76.3 Å². The Morgan fingerprint density at radius 1 is 1.00 bits per heavy atom. The minimum absolute atomic E-state index is 0.358. The number of ether oxygens (including phenoxy) is 1. The Balaban J connectivity index is 1.35. The summed E-state index contributed by atoms with van der Waals surface area (Å²) in [6, 6.07) is 18.2. The van der Waals surface area contributed by atoms with Crippen LogP contribution in [0.15, 0.2) is 48.5 Å². The number of para-hydroxylation sites is 1. The second-order valence-electron chi connectivity index (χ2n) is 10.9. The van der Waals surface area contributed by atoms with Gasteiger partial charge in [-0.25, -0.2) is 0 Å². The molecule has 31 heavy (non-hydrogen) atoms. The summed E-state index contributed by atoms with van der Waals surface area (Å²) < 4.78 is 5.58. The Morgan fingerprint density at radius 3 is 2.35 bits per heavy atom. The van der Waals surface area contributed by atoms with Gasteiger partial charge in [0.1, 0.15) is 5.75 Å². The lowest BCUT2D eigenvalue weighted by Gasteiger charge is -2.64. The highest BCUT2D eigenvalue weighted by Crippen LogP contribution is 2.66. The molecule has 4 fully saturated rings. The van der Waals surface area contributed by atoms with E-state index >= 15 is 0 Å². The first-order valence-corrected chi connectivity index (χ1v) is 12.4. The van der Waals surface area contributed by atoms with Crippen molar-refractivity contribution in [3.63, 3.8) is 0 Å². The van der Waals surface area contributed by atoms with Gasteiger partial charge in [-0.2, -0.15) is 0 Å². The number of methoxy groups -OCH3 is 1. The molecule has 3 heteroatoms. The molecule has 4 bridgehead atoms. The Bertz CT molecular complexity index is 909. The fraction of sp³-hybridized carbons (Fsp3) is 0.571. The van der Waals surface area contributed by atoms with Crippen LogP contribution in [-0.4, -0.2) is 19.2 Å². The van der Waals surface area contributed by atoms with E-state index in [0.29, 0.717) is 22.9 Å². The van der Waals surface area contributed by atoms with E-state index in [4.69, 9.17) is 16.3 Å². The molecule has 0 amide bonds. The van der Waals surface area contributed by atoms with Gasteiger partial charge in [-0.15, -0.1) is 0 Å². The van der Waals surface area contributed by atoms with Gasteiger partial charge < -0.3 is 10.1 Å². The van der Waals surface area contributed by atoms with Crippen molar-refractivity contribution < 1.29 is 4.74 Å². The van der Waals surface area contributed by atoms with E-state index in [1.54, 1.807) is 7.11 Å². The molecular weight excluding hydrogens is 402 g/mol. The smallest absolute Gasteiger partial charge is 0.122 e. The predicted octanol–water partition coefficient (Wildman–Crippen LogP) is 6.80. The summed E-state index contributed by atoms with van der Waals surface area (Å²) in [5.41, 5.74) is 3.60. The molecule has 0 heterocycles. The highest BCUT2D eigenvalue weighted by atomic mass is 35.5. The average Bonchev–Trinajstić information content (AvgIpc) is 2.73. The first-order chi connectivity index (χ1) is 14.9. The molecule has 0 aromatic heterocycles. The SMILES string of the molecule is COc1ccccc1C[C@@H](C)N[C@H](C)C12C[C@@H]3C[C@H](CC(c4ccc(Cl)cc4)(C3)C1)C2. The van der Waals surface area contributed by atoms with Crippen LogP contribution < -0.4 is 10.1 Å². The average molecular weight is 438 g/mol. The summed E-state index contributed by atoms with van der Waals surface area (Å²) in [6.07, 6.45) is 9.31. The van der Waals surface area contributed by atoms with Gasteiger partial charge >= 0.3 is 0 Å². The van der Waals surface area contributed by atoms with Crippen LogP contribution in [0.1, 0.15) is 63.5 Å². The highest BCUT2D eigenvalue weighted by Gasteiger charge is 2.59. The van der Waals surface area contributed by atoms with Gasteiger partial charge in [0.25, 0.3) is 0 Å². The van der Waals surface area contributed by atoms with Crippen molar-refractivity contribution in [3.05, 3.63) is 64.7 Å². The van der Waals surface area contributed by atoms with E-state index < -0.39 is 0 Å². The van der Waals surface area contributed by atoms with Crippen LogP contribution in [0.4, 0.5) is 0 Å². The number of benzene rings is 2. The zero-order valence-electron chi connectivity index (χ0n) is 19.2. The standard InChI is InChI=1S/C28H36ClNO/c1-19(12-23-6-4-5-7-26(23)31-3)30-20(2)27-14-21-13-22(15-27)17-28(16-21,18-27)24-8-10-25(29)11-9-24/h4-11,19-22,30H,12-18H2,1-3H3/t19-,20-,21+,22+,27?,28?/m1/s1. The minimum Gasteiger partial charge on any atom is -0.496 e. The summed E-state index contributed by atoms with van der Waals surface area (Å²) in [4.78, 5) is 0. The molecule has 4 aliphatic carbocycles. The zero-order chi connectivity index (χ0) is 21.6. The fourth-order valence-electron chi connectivity index (χ4n) is 7.85. The van der Waals surface area contributed by atoms with Crippen molar-refractivity contribution in [2.75, 3.05) is 7.11 Å². The van der Waals surface area contributed by atoms with Crippen LogP contribution in [-0.2, 0) is 11.8 Å². The van der Waals surface area contributed by atoms with Crippen molar-refractivity contribution in [3.8, 4) is 5.75 Å². The van der Waals surface area contributed by atoms with Crippen molar-refractivity contribution in [1.82, 2.24) is 5.32 Å². The maximum Gasteiger partial charge on any atom is 0.122 e. The van der Waals surface area contributed by atoms with Gasteiger partial charge in [0.15, 0.2) is 0 Å². The fourth-order valence-corrected chi connectivity index (χ4v) is 7.97. The lowest BCUT2D eigenvalue weighted by Crippen LogP contribution is -2.60. The molecule has 2 aromatic rings. The topological polar surface area (TPSA) is 21.3 Å². The largest absolute Gasteiger partial charge is 0.496 e. The summed E-state index contributed by atoms with van der Waals surface area (Å²) in [7, 11) is 1.77. The van der Waals surface area contributed by atoms with E-state index in [1.807, 2.05) is 0 Å². The third-order valence-electron chi connectivity index (χ3n) is 8.73. The van der Waals surface area contributed by atoms with Crippen molar-refractivity contribution in [1.29, 1.82) is 0 Å². The third kappa shape index (κ3) is 3.91. The van der Waals surface area contributed by atoms with Crippen molar-refractivity contribution >= 4 is 11.6 Å². The first kappa shape index (κ1) is 21.3. The molecule has 0 radical (unpaired) electrons. The minimum atomic E-state index is 0.358. The van der Waals surface area contributed by atoms with Crippen LogP contribution in [0.5, 0.6) is 5.75 Å². The summed E-state index contributed by atoms with van der Waals surface area (Å²) >= 11 is 6.22. The van der Waals surface area contributed by atoms with Crippen LogP contribution in [0.2, 0.25) is 5.02 Å². The Kier molecular flexibility index (Phi) is 5.59. The first-order valence-electron chi connectivity index (χ1n) is 12.1. The maximum atomic E-state index is 6.22. The predicted molar refractivity (Wildman–Crippen MR) is 129 cm³/mol. The van der Waals surface area contributed by atoms with Crippen LogP contribution in [0.3, 0.4) is 0 Å². The third-order valence-corrected chi connectivity index (χ3v) is 8.99.